The van der Waals surface area contributed by atoms with E-state index in [1.807, 2.05) is 79.0 Å². The van der Waals surface area contributed by atoms with Gasteiger partial charge in [0.15, 0.2) is 0 Å². The molecule has 2 heterocycles. The Balaban J connectivity index is 1.60. The summed E-state index contributed by atoms with van der Waals surface area (Å²) in [4.78, 5) is 21.5. The molecule has 0 unspecified atom stereocenters. The van der Waals surface area contributed by atoms with Crippen LogP contribution in [-0.4, -0.2) is 21.6 Å². The molecule has 0 spiro atoms. The number of benzene rings is 3. The molecule has 0 aliphatic rings. The molecule has 0 fully saturated rings. The van der Waals surface area contributed by atoms with Gasteiger partial charge in [0, 0.05) is 29.2 Å². The normalized spacial score (nSPS) is 11.2. The summed E-state index contributed by atoms with van der Waals surface area (Å²) in [5.41, 5.74) is 3.83. The Morgan fingerprint density at radius 3 is 2.60 bits per heavy atom. The molecule has 0 aliphatic heterocycles. The zero-order valence-corrected chi connectivity index (χ0v) is 16.6. The Hall–Kier alpha value is -3.86. The molecule has 5 rings (SSSR count). The van der Waals surface area contributed by atoms with E-state index in [0.717, 1.165) is 33.3 Å². The first-order valence-corrected chi connectivity index (χ1v) is 9.93. The van der Waals surface area contributed by atoms with E-state index in [-0.39, 0.29) is 5.56 Å². The lowest BCUT2D eigenvalue weighted by atomic mass is 10.1. The third-order valence-corrected chi connectivity index (χ3v) is 5.47. The Kier molecular flexibility index (Phi) is 4.56. The Labute approximate surface area is 173 Å². The van der Waals surface area contributed by atoms with Gasteiger partial charge >= 0.3 is 0 Å². The highest BCUT2D eigenvalue weighted by Gasteiger charge is 2.14. The second-order valence-electron chi connectivity index (χ2n) is 7.25. The number of H-pyrrole nitrogens is 1. The Bertz CT molecular complexity index is 1400. The third kappa shape index (κ3) is 3.14. The molecule has 0 radical (unpaired) electrons. The first-order chi connectivity index (χ1) is 14.7. The topological polar surface area (TPSA) is 59.9 Å². The number of methoxy groups -OCH3 is 1. The molecule has 3 aromatic carbocycles. The van der Waals surface area contributed by atoms with Crippen molar-refractivity contribution in [1.82, 2.24) is 14.5 Å². The molecule has 0 atom stereocenters. The zero-order valence-electron chi connectivity index (χ0n) is 16.6. The minimum atomic E-state index is -0.0168. The molecule has 0 saturated heterocycles. The van der Waals surface area contributed by atoms with Crippen molar-refractivity contribution in [3.05, 3.63) is 94.9 Å². The number of nitrogens with zero attached hydrogens (tertiary/aromatic N) is 2. The van der Waals surface area contributed by atoms with Crippen LogP contribution in [0.4, 0.5) is 0 Å². The Morgan fingerprint density at radius 1 is 0.967 bits per heavy atom. The standard InChI is InChI=1S/C25H21N3O2/c1-30-19-11-12-22-21(15-19)18(16-26-22)13-14-28-24(17-7-3-2-4-8-17)27-23-10-6-5-9-20(23)25(28)29/h2-12,15-16,26H,13-14H2,1H3. The van der Waals surface area contributed by atoms with Gasteiger partial charge in [0.2, 0.25) is 0 Å². The van der Waals surface area contributed by atoms with Crippen molar-refractivity contribution in [2.24, 2.45) is 0 Å². The van der Waals surface area contributed by atoms with Crippen molar-refractivity contribution in [3.8, 4) is 17.1 Å². The fourth-order valence-corrected chi connectivity index (χ4v) is 3.91. The van der Waals surface area contributed by atoms with Crippen LogP contribution < -0.4 is 10.3 Å². The minimum absolute atomic E-state index is 0.0168. The first-order valence-electron chi connectivity index (χ1n) is 9.93. The molecule has 5 nitrogen and oxygen atoms in total. The molecule has 5 heteroatoms. The van der Waals surface area contributed by atoms with E-state index in [9.17, 15) is 4.79 Å². The summed E-state index contributed by atoms with van der Waals surface area (Å²) in [6.45, 7) is 0.533. The van der Waals surface area contributed by atoms with E-state index in [1.165, 1.54) is 0 Å². The van der Waals surface area contributed by atoms with Crippen molar-refractivity contribution < 1.29 is 4.74 Å². The van der Waals surface area contributed by atoms with Gasteiger partial charge in [-0.15, -0.1) is 0 Å². The molecule has 1 N–H and O–H groups in total. The zero-order chi connectivity index (χ0) is 20.5. The van der Waals surface area contributed by atoms with Crippen LogP contribution in [-0.2, 0) is 13.0 Å². The number of aryl methyl sites for hydroxylation is 1. The number of rotatable bonds is 5. The molecule has 5 aromatic rings. The summed E-state index contributed by atoms with van der Waals surface area (Å²) in [6, 6.07) is 23.4. The van der Waals surface area contributed by atoms with E-state index < -0.39 is 0 Å². The third-order valence-electron chi connectivity index (χ3n) is 5.47. The molecule has 148 valence electrons. The number of aromatic nitrogens is 3. The van der Waals surface area contributed by atoms with Crippen LogP contribution in [0.3, 0.4) is 0 Å². The lowest BCUT2D eigenvalue weighted by Gasteiger charge is -2.14. The summed E-state index contributed by atoms with van der Waals surface area (Å²) in [7, 11) is 1.67. The van der Waals surface area contributed by atoms with E-state index in [0.29, 0.717) is 24.2 Å². The maximum Gasteiger partial charge on any atom is 0.261 e. The number of aromatic amines is 1. The van der Waals surface area contributed by atoms with Gasteiger partial charge in [0.25, 0.3) is 5.56 Å². The van der Waals surface area contributed by atoms with Gasteiger partial charge in [-0.3, -0.25) is 9.36 Å². The van der Waals surface area contributed by atoms with Crippen LogP contribution in [0.15, 0.2) is 83.8 Å². The second-order valence-corrected chi connectivity index (χ2v) is 7.25. The van der Waals surface area contributed by atoms with Gasteiger partial charge in [0.1, 0.15) is 11.6 Å². The predicted molar refractivity (Wildman–Crippen MR) is 120 cm³/mol. The minimum Gasteiger partial charge on any atom is -0.497 e. The number of hydrogen-bond donors (Lipinski definition) is 1. The van der Waals surface area contributed by atoms with Gasteiger partial charge in [-0.05, 0) is 42.3 Å². The highest BCUT2D eigenvalue weighted by molar-refractivity contribution is 5.84. The lowest BCUT2D eigenvalue weighted by molar-refractivity contribution is 0.415. The van der Waals surface area contributed by atoms with Crippen LogP contribution in [0.5, 0.6) is 5.75 Å². The van der Waals surface area contributed by atoms with Gasteiger partial charge in [-0.1, -0.05) is 42.5 Å². The van der Waals surface area contributed by atoms with Crippen LogP contribution in [0.1, 0.15) is 5.56 Å². The fraction of sp³-hybridized carbons (Fsp3) is 0.120. The highest BCUT2D eigenvalue weighted by atomic mass is 16.5. The van der Waals surface area contributed by atoms with Crippen molar-refractivity contribution in [2.75, 3.05) is 7.11 Å². The molecule has 0 aliphatic carbocycles. The number of para-hydroxylation sites is 1. The van der Waals surface area contributed by atoms with E-state index >= 15 is 0 Å². The second kappa shape index (κ2) is 7.52. The Morgan fingerprint density at radius 2 is 1.77 bits per heavy atom. The molecular weight excluding hydrogens is 374 g/mol. The summed E-state index contributed by atoms with van der Waals surface area (Å²) in [6.07, 6.45) is 2.71. The van der Waals surface area contributed by atoms with Crippen molar-refractivity contribution in [2.45, 2.75) is 13.0 Å². The van der Waals surface area contributed by atoms with Gasteiger partial charge in [-0.25, -0.2) is 4.98 Å². The molecule has 0 bridgehead atoms. The van der Waals surface area contributed by atoms with E-state index in [2.05, 4.69) is 4.98 Å². The number of hydrogen-bond acceptors (Lipinski definition) is 3. The fourth-order valence-electron chi connectivity index (χ4n) is 3.91. The lowest BCUT2D eigenvalue weighted by Crippen LogP contribution is -2.24. The summed E-state index contributed by atoms with van der Waals surface area (Å²) < 4.78 is 7.16. The van der Waals surface area contributed by atoms with E-state index in [4.69, 9.17) is 9.72 Å². The molecule has 30 heavy (non-hydrogen) atoms. The maximum absolute atomic E-state index is 13.3. The molecule has 2 aromatic heterocycles. The molecule has 0 saturated carbocycles. The monoisotopic (exact) mass is 395 g/mol. The largest absolute Gasteiger partial charge is 0.497 e. The summed E-state index contributed by atoms with van der Waals surface area (Å²) >= 11 is 0. The number of fused-ring (bicyclic) bond motifs is 2. The van der Waals surface area contributed by atoms with Crippen LogP contribution in [0.25, 0.3) is 33.2 Å². The van der Waals surface area contributed by atoms with Crippen LogP contribution >= 0.6 is 0 Å². The van der Waals surface area contributed by atoms with Crippen LogP contribution in [0, 0.1) is 0 Å². The van der Waals surface area contributed by atoms with Gasteiger partial charge in [0.05, 0.1) is 18.0 Å². The number of nitrogens with one attached hydrogen (secondary N) is 1. The SMILES string of the molecule is COc1ccc2[nH]cc(CCn3c(-c4ccccc4)nc4ccccc4c3=O)c2c1. The van der Waals surface area contributed by atoms with Crippen LogP contribution in [0.2, 0.25) is 0 Å². The average molecular weight is 395 g/mol. The highest BCUT2D eigenvalue weighted by Crippen LogP contribution is 2.25. The average Bonchev–Trinajstić information content (AvgIpc) is 3.21. The van der Waals surface area contributed by atoms with Crippen molar-refractivity contribution >= 4 is 21.8 Å². The van der Waals surface area contributed by atoms with Gasteiger partial charge < -0.3 is 9.72 Å². The maximum atomic E-state index is 13.3. The summed E-state index contributed by atoms with van der Waals surface area (Å²) in [5, 5.41) is 1.75. The van der Waals surface area contributed by atoms with Crippen molar-refractivity contribution in [3.63, 3.8) is 0 Å². The first kappa shape index (κ1) is 18.2. The number of ether oxygens (including phenoxy) is 1. The summed E-state index contributed by atoms with van der Waals surface area (Å²) in [5.74, 6) is 1.51. The van der Waals surface area contributed by atoms with Gasteiger partial charge in [-0.2, -0.15) is 0 Å². The van der Waals surface area contributed by atoms with E-state index in [1.54, 1.807) is 11.7 Å². The molecular formula is C25H21N3O2. The predicted octanol–water partition coefficient (Wildman–Crippen LogP) is 4.80. The van der Waals surface area contributed by atoms with Crippen molar-refractivity contribution in [1.29, 1.82) is 0 Å². The molecule has 0 amide bonds. The smallest absolute Gasteiger partial charge is 0.261 e. The quantitative estimate of drug-likeness (QED) is 0.465.